The van der Waals surface area contributed by atoms with Gasteiger partial charge in [0.05, 0.1) is 24.3 Å². The molecule has 1 aromatic heterocycles. The van der Waals surface area contributed by atoms with Gasteiger partial charge in [-0.15, -0.1) is 0 Å². The maximum Gasteiger partial charge on any atom is 0.150 e. The van der Waals surface area contributed by atoms with Crippen molar-refractivity contribution in [3.05, 3.63) is 24.0 Å². The second-order valence-corrected chi connectivity index (χ2v) is 5.38. The number of aromatic nitrogens is 1. The van der Waals surface area contributed by atoms with Crippen molar-refractivity contribution in [3.8, 4) is 5.75 Å². The minimum atomic E-state index is -2.99. The maximum absolute atomic E-state index is 10.8. The van der Waals surface area contributed by atoms with Crippen molar-refractivity contribution >= 4 is 9.84 Å². The molecule has 15 heavy (non-hydrogen) atoms. The van der Waals surface area contributed by atoms with Crippen molar-refractivity contribution in [2.75, 3.05) is 18.6 Å². The number of aliphatic hydroxyl groups is 1. The predicted octanol–water partition coefficient (Wildman–Crippen LogP) is -0.00270. The number of pyridine rings is 1. The minimum absolute atomic E-state index is 0.0191. The first kappa shape index (κ1) is 11.9. The van der Waals surface area contributed by atoms with Crippen molar-refractivity contribution in [2.24, 2.45) is 0 Å². The Morgan fingerprint density at radius 2 is 2.20 bits per heavy atom. The quantitative estimate of drug-likeness (QED) is 0.771. The first-order chi connectivity index (χ1) is 7.01. The highest BCUT2D eigenvalue weighted by molar-refractivity contribution is 7.90. The Morgan fingerprint density at radius 3 is 2.67 bits per heavy atom. The Balaban J connectivity index is 2.45. The summed E-state index contributed by atoms with van der Waals surface area (Å²) in [4.78, 5) is 3.89. The van der Waals surface area contributed by atoms with Crippen LogP contribution < -0.4 is 4.74 Å². The van der Waals surface area contributed by atoms with Gasteiger partial charge in [0.15, 0.2) is 9.84 Å². The Kier molecular flexibility index (Phi) is 4.05. The smallest absolute Gasteiger partial charge is 0.150 e. The molecule has 6 heteroatoms. The van der Waals surface area contributed by atoms with E-state index in [4.69, 9.17) is 9.84 Å². The molecular weight excluding hydrogens is 218 g/mol. The molecule has 0 aliphatic heterocycles. The van der Waals surface area contributed by atoms with Crippen molar-refractivity contribution < 1.29 is 18.3 Å². The first-order valence-electron chi connectivity index (χ1n) is 4.37. The number of nitrogens with zero attached hydrogens (tertiary/aromatic N) is 1. The van der Waals surface area contributed by atoms with Gasteiger partial charge in [0.2, 0.25) is 0 Å². The van der Waals surface area contributed by atoms with Crippen molar-refractivity contribution in [2.45, 2.75) is 6.61 Å². The second kappa shape index (κ2) is 5.09. The van der Waals surface area contributed by atoms with Crippen LogP contribution in [0.3, 0.4) is 0 Å². The number of rotatable bonds is 5. The highest BCUT2D eigenvalue weighted by Crippen LogP contribution is 2.08. The van der Waals surface area contributed by atoms with E-state index in [0.717, 1.165) is 6.26 Å². The molecule has 0 aromatic carbocycles. The standard InChI is InChI=1S/C9H13NO4S/c1-15(12,13)5-4-14-9-3-2-8(7-11)10-6-9/h2-3,6,11H,4-5,7H2,1H3. The monoisotopic (exact) mass is 231 g/mol. The van der Waals surface area contributed by atoms with Gasteiger partial charge in [-0.2, -0.15) is 0 Å². The summed E-state index contributed by atoms with van der Waals surface area (Å²) in [5.74, 6) is 0.477. The van der Waals surface area contributed by atoms with Gasteiger partial charge in [-0.25, -0.2) is 8.42 Å². The van der Waals surface area contributed by atoms with Crippen LogP contribution in [-0.2, 0) is 16.4 Å². The highest BCUT2D eigenvalue weighted by Gasteiger charge is 2.02. The first-order valence-corrected chi connectivity index (χ1v) is 6.43. The van der Waals surface area contributed by atoms with Crippen molar-refractivity contribution in [3.63, 3.8) is 0 Å². The Bertz CT molecular complexity index is 399. The fourth-order valence-corrected chi connectivity index (χ4v) is 1.29. The lowest BCUT2D eigenvalue weighted by atomic mass is 10.3. The summed E-state index contributed by atoms with van der Waals surface area (Å²) in [5, 5.41) is 8.73. The van der Waals surface area contributed by atoms with Crippen LogP contribution in [0.2, 0.25) is 0 Å². The highest BCUT2D eigenvalue weighted by atomic mass is 32.2. The zero-order chi connectivity index (χ0) is 11.3. The number of hydrogen-bond donors (Lipinski definition) is 1. The number of hydrogen-bond acceptors (Lipinski definition) is 5. The van der Waals surface area contributed by atoms with E-state index in [0.29, 0.717) is 11.4 Å². The Labute approximate surface area is 88.6 Å². The van der Waals surface area contributed by atoms with E-state index in [1.165, 1.54) is 6.20 Å². The van der Waals surface area contributed by atoms with Gasteiger partial charge in [0.1, 0.15) is 12.4 Å². The molecule has 0 atom stereocenters. The molecule has 0 aliphatic rings. The summed E-state index contributed by atoms with van der Waals surface area (Å²) >= 11 is 0. The van der Waals surface area contributed by atoms with Crippen LogP contribution >= 0.6 is 0 Å². The van der Waals surface area contributed by atoms with Crippen LogP contribution in [0.4, 0.5) is 0 Å². The number of ether oxygens (including phenoxy) is 1. The predicted molar refractivity (Wildman–Crippen MR) is 55.4 cm³/mol. The lowest BCUT2D eigenvalue weighted by Gasteiger charge is -2.04. The molecule has 1 rings (SSSR count). The molecular formula is C9H13NO4S. The molecule has 0 aliphatic carbocycles. The van der Waals surface area contributed by atoms with Gasteiger partial charge in [-0.1, -0.05) is 0 Å². The Morgan fingerprint density at radius 1 is 1.47 bits per heavy atom. The molecule has 0 saturated heterocycles. The summed E-state index contributed by atoms with van der Waals surface area (Å²) in [6.07, 6.45) is 2.61. The lowest BCUT2D eigenvalue weighted by molar-refractivity contribution is 0.276. The summed E-state index contributed by atoms with van der Waals surface area (Å²) in [7, 11) is -2.99. The molecule has 84 valence electrons. The van der Waals surface area contributed by atoms with Crippen LogP contribution in [0.15, 0.2) is 18.3 Å². The summed E-state index contributed by atoms with van der Waals surface area (Å²) in [6.45, 7) is -0.0113. The third kappa shape index (κ3) is 4.75. The second-order valence-electron chi connectivity index (χ2n) is 3.12. The van der Waals surface area contributed by atoms with Crippen LogP contribution in [0.5, 0.6) is 5.75 Å². The van der Waals surface area contributed by atoms with Crippen LogP contribution in [-0.4, -0.2) is 37.1 Å². The molecule has 1 aromatic rings. The van der Waals surface area contributed by atoms with E-state index in [2.05, 4.69) is 4.98 Å². The molecule has 5 nitrogen and oxygen atoms in total. The van der Waals surface area contributed by atoms with Crippen LogP contribution in [0.1, 0.15) is 5.69 Å². The average Bonchev–Trinajstić information content (AvgIpc) is 2.17. The van der Waals surface area contributed by atoms with E-state index in [1.54, 1.807) is 12.1 Å². The lowest BCUT2D eigenvalue weighted by Crippen LogP contribution is -2.12. The Hall–Kier alpha value is -1.14. The van der Waals surface area contributed by atoms with Gasteiger partial charge in [-0.05, 0) is 12.1 Å². The fraction of sp³-hybridized carbons (Fsp3) is 0.444. The normalized spacial score (nSPS) is 11.3. The zero-order valence-electron chi connectivity index (χ0n) is 8.38. The number of sulfone groups is 1. The molecule has 1 heterocycles. The van der Waals surface area contributed by atoms with Gasteiger partial charge in [0.25, 0.3) is 0 Å². The average molecular weight is 231 g/mol. The third-order valence-corrected chi connectivity index (χ3v) is 2.59. The van der Waals surface area contributed by atoms with Gasteiger partial charge in [-0.3, -0.25) is 4.98 Å². The van der Waals surface area contributed by atoms with Crippen molar-refractivity contribution in [1.82, 2.24) is 4.98 Å². The minimum Gasteiger partial charge on any atom is -0.491 e. The van der Waals surface area contributed by atoms with Gasteiger partial charge >= 0.3 is 0 Å². The number of aliphatic hydroxyl groups excluding tert-OH is 1. The largest absolute Gasteiger partial charge is 0.491 e. The molecule has 1 N–H and O–H groups in total. The van der Waals surface area contributed by atoms with E-state index in [1.807, 2.05) is 0 Å². The van der Waals surface area contributed by atoms with Gasteiger partial charge in [0, 0.05) is 6.26 Å². The SMILES string of the molecule is CS(=O)(=O)CCOc1ccc(CO)nc1. The summed E-state index contributed by atoms with van der Waals surface area (Å²) in [6, 6.07) is 3.26. The summed E-state index contributed by atoms with van der Waals surface area (Å²) in [5.41, 5.74) is 0.547. The molecule has 0 saturated carbocycles. The van der Waals surface area contributed by atoms with E-state index in [-0.39, 0.29) is 19.0 Å². The molecule has 0 unspecified atom stereocenters. The van der Waals surface area contributed by atoms with E-state index < -0.39 is 9.84 Å². The molecule has 0 bridgehead atoms. The van der Waals surface area contributed by atoms with Gasteiger partial charge < -0.3 is 9.84 Å². The topological polar surface area (TPSA) is 76.5 Å². The fourth-order valence-electron chi connectivity index (χ4n) is 0.901. The molecule has 0 radical (unpaired) electrons. The van der Waals surface area contributed by atoms with Crippen LogP contribution in [0, 0.1) is 0 Å². The van der Waals surface area contributed by atoms with E-state index >= 15 is 0 Å². The van der Waals surface area contributed by atoms with E-state index in [9.17, 15) is 8.42 Å². The molecule has 0 amide bonds. The maximum atomic E-state index is 10.8. The molecule has 0 fully saturated rings. The zero-order valence-corrected chi connectivity index (χ0v) is 9.20. The van der Waals surface area contributed by atoms with Crippen molar-refractivity contribution in [1.29, 1.82) is 0 Å². The third-order valence-electron chi connectivity index (χ3n) is 1.68. The van der Waals surface area contributed by atoms with Crippen LogP contribution in [0.25, 0.3) is 0 Å². The molecule has 0 spiro atoms. The summed E-state index contributed by atoms with van der Waals surface area (Å²) < 4.78 is 26.7.